The maximum Gasteiger partial charge on any atom is 0.412 e. The van der Waals surface area contributed by atoms with Gasteiger partial charge in [-0.15, -0.1) is 0 Å². The van der Waals surface area contributed by atoms with Crippen molar-refractivity contribution in [1.29, 1.82) is 0 Å². The van der Waals surface area contributed by atoms with Crippen molar-refractivity contribution in [2.24, 2.45) is 0 Å². The van der Waals surface area contributed by atoms with Crippen molar-refractivity contribution in [3.63, 3.8) is 0 Å². The molecule has 2 aromatic carbocycles. The van der Waals surface area contributed by atoms with Crippen LogP contribution in [0.4, 0.5) is 16.2 Å². The molecule has 2 aliphatic rings. The molecule has 54 heavy (non-hydrogen) atoms. The van der Waals surface area contributed by atoms with Crippen LogP contribution in [0.3, 0.4) is 0 Å². The van der Waals surface area contributed by atoms with E-state index in [-0.39, 0.29) is 84.3 Å². The minimum atomic E-state index is -0.795. The first kappa shape index (κ1) is 41.3. The smallest absolute Gasteiger partial charge is 0.412 e. The van der Waals surface area contributed by atoms with Crippen molar-refractivity contribution in [2.75, 3.05) is 64.8 Å². The van der Waals surface area contributed by atoms with Crippen LogP contribution in [-0.2, 0) is 23.8 Å². The normalized spacial score (nSPS) is 16.7. The van der Waals surface area contributed by atoms with Crippen molar-refractivity contribution in [2.45, 2.75) is 84.4 Å². The van der Waals surface area contributed by atoms with Crippen molar-refractivity contribution >= 4 is 41.2 Å². The van der Waals surface area contributed by atoms with Crippen LogP contribution < -0.4 is 30.0 Å². The Labute approximate surface area is 315 Å². The molecule has 0 radical (unpaired) electrons. The third-order valence-electron chi connectivity index (χ3n) is 8.77. The van der Waals surface area contributed by atoms with Crippen molar-refractivity contribution in [3.8, 4) is 23.0 Å². The van der Waals surface area contributed by atoms with E-state index >= 15 is 0 Å². The number of nitrogen functional groups attached to an aromatic ring is 1. The first-order chi connectivity index (χ1) is 25.6. The standard InChI is InChI=1S/C38H52N4O12/c1-23(43)52-21-25-11-8-13-41(25)35(45)27-17-31(48-6)33(19-29(27)39)50-15-10-16-51-34-20-30(40-37(47)54-38(3,4)5)28(18-32(34)49-7)36(46)42-14-9-12-26(42)22-53-24(2)44/h17-20,25-26H,8-16,21-22,39H2,1-7H3,(H,40,47). The Hall–Kier alpha value is -5.41. The second-order valence-electron chi connectivity index (χ2n) is 14.0. The van der Waals surface area contributed by atoms with Gasteiger partial charge >= 0.3 is 18.0 Å². The number of nitrogens with two attached hydrogens (primary N) is 1. The Morgan fingerprint density at radius 2 is 1.22 bits per heavy atom. The van der Waals surface area contributed by atoms with E-state index in [2.05, 4.69) is 5.32 Å². The molecule has 3 amide bonds. The first-order valence-corrected chi connectivity index (χ1v) is 18.0. The molecule has 0 aromatic heterocycles. The van der Waals surface area contributed by atoms with Crippen LogP contribution in [0.2, 0.25) is 0 Å². The highest BCUT2D eigenvalue weighted by Crippen LogP contribution is 2.37. The molecule has 16 nitrogen and oxygen atoms in total. The van der Waals surface area contributed by atoms with E-state index in [1.165, 1.54) is 46.3 Å². The summed E-state index contributed by atoms with van der Waals surface area (Å²) in [4.78, 5) is 66.3. The third kappa shape index (κ3) is 11.1. The molecule has 2 aromatic rings. The molecule has 2 fully saturated rings. The van der Waals surface area contributed by atoms with Gasteiger partial charge in [-0.1, -0.05) is 0 Å². The highest BCUT2D eigenvalue weighted by atomic mass is 16.6. The van der Waals surface area contributed by atoms with Gasteiger partial charge in [0.25, 0.3) is 11.8 Å². The lowest BCUT2D eigenvalue weighted by molar-refractivity contribution is -0.143. The van der Waals surface area contributed by atoms with Gasteiger partial charge in [0.15, 0.2) is 23.0 Å². The molecular weight excluding hydrogens is 704 g/mol. The molecule has 16 heteroatoms. The van der Waals surface area contributed by atoms with Crippen LogP contribution in [0.1, 0.15) is 87.4 Å². The van der Waals surface area contributed by atoms with E-state index in [4.69, 9.17) is 38.9 Å². The van der Waals surface area contributed by atoms with E-state index in [1.807, 2.05) is 0 Å². The highest BCUT2D eigenvalue weighted by molar-refractivity contribution is 6.04. The van der Waals surface area contributed by atoms with Crippen LogP contribution in [0.5, 0.6) is 23.0 Å². The molecule has 2 atom stereocenters. The molecule has 2 unspecified atom stereocenters. The van der Waals surface area contributed by atoms with Gasteiger partial charge < -0.3 is 48.7 Å². The zero-order valence-electron chi connectivity index (χ0n) is 32.1. The van der Waals surface area contributed by atoms with Gasteiger partial charge in [-0.2, -0.15) is 0 Å². The number of likely N-dealkylation sites (tertiary alicyclic amines) is 2. The van der Waals surface area contributed by atoms with Crippen LogP contribution in [0.15, 0.2) is 24.3 Å². The molecule has 296 valence electrons. The van der Waals surface area contributed by atoms with E-state index in [9.17, 15) is 24.0 Å². The summed E-state index contributed by atoms with van der Waals surface area (Å²) in [5.41, 5.74) is 6.29. The zero-order chi connectivity index (χ0) is 39.6. The predicted octanol–water partition coefficient (Wildman–Crippen LogP) is 4.82. The number of benzene rings is 2. The van der Waals surface area contributed by atoms with Crippen molar-refractivity contribution < 1.29 is 57.1 Å². The molecule has 2 heterocycles. The maximum atomic E-state index is 13.9. The Morgan fingerprint density at radius 3 is 1.70 bits per heavy atom. The number of esters is 2. The Bertz CT molecular complexity index is 1690. The first-order valence-electron chi connectivity index (χ1n) is 18.0. The van der Waals surface area contributed by atoms with E-state index in [0.29, 0.717) is 43.9 Å². The number of rotatable bonds is 15. The number of nitrogens with one attached hydrogen (secondary N) is 1. The number of nitrogens with zero attached hydrogens (tertiary/aromatic N) is 2. The van der Waals surface area contributed by atoms with Crippen LogP contribution in [0.25, 0.3) is 0 Å². The van der Waals surface area contributed by atoms with Crippen LogP contribution >= 0.6 is 0 Å². The average Bonchev–Trinajstić information content (AvgIpc) is 3.78. The van der Waals surface area contributed by atoms with Gasteiger partial charge in [0.1, 0.15) is 18.8 Å². The number of methoxy groups -OCH3 is 2. The fourth-order valence-electron chi connectivity index (χ4n) is 6.27. The fraction of sp³-hybridized carbons (Fsp3) is 0.553. The molecular formula is C38H52N4O12. The Morgan fingerprint density at radius 1 is 0.741 bits per heavy atom. The van der Waals surface area contributed by atoms with Crippen molar-refractivity contribution in [1.82, 2.24) is 9.80 Å². The highest BCUT2D eigenvalue weighted by Gasteiger charge is 2.34. The minimum Gasteiger partial charge on any atom is -0.493 e. The molecule has 2 aliphatic heterocycles. The molecule has 0 bridgehead atoms. The number of carbonyl (C=O) groups excluding carboxylic acids is 5. The second kappa shape index (κ2) is 18.6. The Balaban J connectivity index is 1.45. The monoisotopic (exact) mass is 756 g/mol. The summed E-state index contributed by atoms with van der Waals surface area (Å²) in [5.74, 6) is -0.336. The van der Waals surface area contributed by atoms with Gasteiger partial charge in [0, 0.05) is 51.2 Å². The zero-order valence-corrected chi connectivity index (χ0v) is 32.1. The summed E-state index contributed by atoms with van der Waals surface area (Å²) >= 11 is 0. The summed E-state index contributed by atoms with van der Waals surface area (Å²) in [6, 6.07) is 5.52. The van der Waals surface area contributed by atoms with Gasteiger partial charge in [0.05, 0.1) is 56.3 Å². The maximum absolute atomic E-state index is 13.9. The largest absolute Gasteiger partial charge is 0.493 e. The number of hydrogen-bond donors (Lipinski definition) is 2. The SMILES string of the molecule is COc1cc(C(=O)N2CCCC2COC(C)=O)c(N)cc1OCCCOc1cc(NC(=O)OC(C)(C)C)c(C(=O)N2CCCC2COC(C)=O)cc1OC. The van der Waals surface area contributed by atoms with Crippen LogP contribution in [-0.4, -0.2) is 111 Å². The number of ether oxygens (including phenoxy) is 7. The van der Waals surface area contributed by atoms with Crippen molar-refractivity contribution in [3.05, 3.63) is 35.4 Å². The van der Waals surface area contributed by atoms with Crippen LogP contribution in [0, 0.1) is 0 Å². The van der Waals surface area contributed by atoms with E-state index < -0.39 is 23.6 Å². The summed E-state index contributed by atoms with van der Waals surface area (Å²) in [7, 11) is 2.90. The minimum absolute atomic E-state index is 0.0646. The molecule has 3 N–H and O–H groups in total. The van der Waals surface area contributed by atoms with Gasteiger partial charge in [-0.25, -0.2) is 4.79 Å². The molecule has 2 saturated heterocycles. The molecule has 4 rings (SSSR count). The van der Waals surface area contributed by atoms with E-state index in [1.54, 1.807) is 36.6 Å². The third-order valence-corrected chi connectivity index (χ3v) is 8.77. The predicted molar refractivity (Wildman–Crippen MR) is 197 cm³/mol. The number of amides is 3. The molecule has 0 saturated carbocycles. The summed E-state index contributed by atoms with van der Waals surface area (Å²) in [6.07, 6.45) is 2.51. The average molecular weight is 757 g/mol. The summed E-state index contributed by atoms with van der Waals surface area (Å²) < 4.78 is 38.9. The molecule has 0 aliphatic carbocycles. The summed E-state index contributed by atoms with van der Waals surface area (Å²) in [6.45, 7) is 9.31. The van der Waals surface area contributed by atoms with Gasteiger partial charge in [-0.05, 0) is 58.6 Å². The Kier molecular flexibility index (Phi) is 14.2. The number of carbonyl (C=O) groups is 5. The van der Waals surface area contributed by atoms with Gasteiger partial charge in [0.2, 0.25) is 0 Å². The lowest BCUT2D eigenvalue weighted by Gasteiger charge is -2.26. The molecule has 0 spiro atoms. The lowest BCUT2D eigenvalue weighted by Crippen LogP contribution is -2.39. The van der Waals surface area contributed by atoms with Gasteiger partial charge in [-0.3, -0.25) is 24.5 Å². The quantitative estimate of drug-likeness (QED) is 0.109. The topological polar surface area (TPSA) is 194 Å². The second-order valence-corrected chi connectivity index (χ2v) is 14.0. The number of anilines is 2. The number of hydrogen-bond acceptors (Lipinski definition) is 13. The summed E-state index contributed by atoms with van der Waals surface area (Å²) in [5, 5.41) is 2.69. The lowest BCUT2D eigenvalue weighted by atomic mass is 10.1. The van der Waals surface area contributed by atoms with E-state index in [0.717, 1.165) is 12.8 Å². The fourth-order valence-corrected chi connectivity index (χ4v) is 6.27.